The van der Waals surface area contributed by atoms with Crippen molar-refractivity contribution in [3.05, 3.63) is 82.4 Å². The Bertz CT molecular complexity index is 931. The molecule has 3 aromatic rings. The van der Waals surface area contributed by atoms with Gasteiger partial charge in [0, 0.05) is 35.2 Å². The molecule has 5 nitrogen and oxygen atoms in total. The Hall–Kier alpha value is -2.99. The Balaban J connectivity index is 1.62. The average molecular weight is 371 g/mol. The van der Waals surface area contributed by atoms with E-state index in [-0.39, 0.29) is 23.8 Å². The maximum Gasteiger partial charge on any atom is 0.254 e. The summed E-state index contributed by atoms with van der Waals surface area (Å²) in [5.74, 6) is -0.394. The largest absolute Gasteiger partial charge is 0.348 e. The van der Waals surface area contributed by atoms with Crippen LogP contribution < -0.4 is 10.6 Å². The number of benzene rings is 2. The summed E-state index contributed by atoms with van der Waals surface area (Å²) in [5, 5.41) is 6.30. The minimum absolute atomic E-state index is 0.0906. The van der Waals surface area contributed by atoms with Crippen LogP contribution in [0, 0.1) is 12.7 Å². The lowest BCUT2D eigenvalue weighted by Crippen LogP contribution is -2.23. The molecule has 0 fully saturated rings. The summed E-state index contributed by atoms with van der Waals surface area (Å²) in [6.07, 6.45) is 2.81. The molecule has 2 N–H and O–H groups in total. The number of amides is 1. The molecule has 2 aromatic carbocycles. The van der Waals surface area contributed by atoms with Gasteiger partial charge in [0.25, 0.3) is 5.91 Å². The van der Waals surface area contributed by atoms with E-state index in [1.807, 2.05) is 19.1 Å². The fraction of sp³-hybridized carbons (Fsp3) is 0.105. The van der Waals surface area contributed by atoms with Gasteiger partial charge in [-0.25, -0.2) is 14.4 Å². The molecule has 7 heteroatoms. The molecule has 26 heavy (non-hydrogen) atoms. The van der Waals surface area contributed by atoms with E-state index in [0.717, 1.165) is 11.3 Å². The van der Waals surface area contributed by atoms with Crippen molar-refractivity contribution >= 4 is 29.1 Å². The summed E-state index contributed by atoms with van der Waals surface area (Å²) in [5.41, 5.74) is 2.42. The third-order valence-corrected chi connectivity index (χ3v) is 4.15. The smallest absolute Gasteiger partial charge is 0.254 e. The summed E-state index contributed by atoms with van der Waals surface area (Å²) in [6, 6.07) is 11.8. The highest BCUT2D eigenvalue weighted by molar-refractivity contribution is 6.31. The van der Waals surface area contributed by atoms with Crippen LogP contribution in [0.2, 0.25) is 5.02 Å². The number of carbonyl (C=O) groups excluding carboxylic acids is 1. The summed E-state index contributed by atoms with van der Waals surface area (Å²) < 4.78 is 13.6. The van der Waals surface area contributed by atoms with Gasteiger partial charge in [-0.1, -0.05) is 35.9 Å². The molecule has 0 aliphatic heterocycles. The Labute approximate surface area is 155 Å². The third-order valence-electron chi connectivity index (χ3n) is 3.74. The molecular formula is C19H16ClFN4O. The number of aryl methyl sites for hydroxylation is 1. The number of rotatable bonds is 5. The molecule has 132 valence electrons. The molecular weight excluding hydrogens is 355 g/mol. The lowest BCUT2D eigenvalue weighted by Gasteiger charge is -2.08. The van der Waals surface area contributed by atoms with E-state index in [4.69, 9.17) is 11.6 Å². The molecule has 0 radical (unpaired) electrons. The normalized spacial score (nSPS) is 10.4. The van der Waals surface area contributed by atoms with E-state index in [2.05, 4.69) is 20.6 Å². The topological polar surface area (TPSA) is 66.9 Å². The van der Waals surface area contributed by atoms with Crippen LogP contribution in [0.4, 0.5) is 16.0 Å². The minimum Gasteiger partial charge on any atom is -0.348 e. The van der Waals surface area contributed by atoms with Crippen molar-refractivity contribution in [2.24, 2.45) is 0 Å². The van der Waals surface area contributed by atoms with Crippen molar-refractivity contribution < 1.29 is 9.18 Å². The van der Waals surface area contributed by atoms with E-state index >= 15 is 0 Å². The van der Waals surface area contributed by atoms with E-state index in [1.165, 1.54) is 18.5 Å². The highest BCUT2D eigenvalue weighted by atomic mass is 35.5. The van der Waals surface area contributed by atoms with Crippen LogP contribution in [0.5, 0.6) is 0 Å². The van der Waals surface area contributed by atoms with Gasteiger partial charge < -0.3 is 10.6 Å². The van der Waals surface area contributed by atoms with E-state index < -0.39 is 0 Å². The number of anilines is 2. The Morgan fingerprint density at radius 3 is 2.58 bits per heavy atom. The molecule has 0 saturated heterocycles. The standard InChI is InChI=1S/C19H16ClFN4O/c1-12-6-7-15(8-16(12)20)25-19-23-10-14(11-24-19)18(26)22-9-13-4-2-3-5-17(13)21/h2-8,10-11H,9H2,1H3,(H,22,26)(H,23,24,25). The molecule has 1 aromatic heterocycles. The van der Waals surface area contributed by atoms with Gasteiger partial charge in [0.1, 0.15) is 5.82 Å². The zero-order chi connectivity index (χ0) is 18.5. The lowest BCUT2D eigenvalue weighted by atomic mass is 10.2. The molecule has 3 rings (SSSR count). The fourth-order valence-corrected chi connectivity index (χ4v) is 2.41. The highest BCUT2D eigenvalue weighted by Gasteiger charge is 2.09. The maximum atomic E-state index is 13.6. The lowest BCUT2D eigenvalue weighted by molar-refractivity contribution is 0.0950. The van der Waals surface area contributed by atoms with Gasteiger partial charge in [0.05, 0.1) is 5.56 Å². The molecule has 1 heterocycles. The minimum atomic E-state index is -0.377. The first-order valence-electron chi connectivity index (χ1n) is 7.90. The van der Waals surface area contributed by atoms with Crippen LogP contribution in [0.1, 0.15) is 21.5 Å². The number of aromatic nitrogens is 2. The van der Waals surface area contributed by atoms with Crippen LogP contribution in [0.15, 0.2) is 54.9 Å². The van der Waals surface area contributed by atoms with Gasteiger partial charge in [-0.3, -0.25) is 4.79 Å². The number of hydrogen-bond acceptors (Lipinski definition) is 4. The maximum absolute atomic E-state index is 13.6. The van der Waals surface area contributed by atoms with E-state index in [9.17, 15) is 9.18 Å². The summed E-state index contributed by atoms with van der Waals surface area (Å²) in [7, 11) is 0. The molecule has 1 amide bonds. The molecule has 0 aliphatic carbocycles. The van der Waals surface area contributed by atoms with Gasteiger partial charge in [-0.2, -0.15) is 0 Å². The number of carbonyl (C=O) groups is 1. The van der Waals surface area contributed by atoms with Crippen molar-refractivity contribution in [1.29, 1.82) is 0 Å². The Morgan fingerprint density at radius 2 is 1.88 bits per heavy atom. The molecule has 0 bridgehead atoms. The van der Waals surface area contributed by atoms with Gasteiger partial charge in [-0.05, 0) is 30.7 Å². The van der Waals surface area contributed by atoms with Crippen LogP contribution in [-0.4, -0.2) is 15.9 Å². The SMILES string of the molecule is Cc1ccc(Nc2ncc(C(=O)NCc3ccccc3F)cn2)cc1Cl. The zero-order valence-electron chi connectivity index (χ0n) is 14.0. The van der Waals surface area contributed by atoms with Crippen LogP contribution in [0.3, 0.4) is 0 Å². The van der Waals surface area contributed by atoms with Crippen LogP contribution in [0.25, 0.3) is 0 Å². The number of nitrogens with one attached hydrogen (secondary N) is 2. The van der Waals surface area contributed by atoms with E-state index in [0.29, 0.717) is 16.5 Å². The molecule has 0 spiro atoms. The summed E-state index contributed by atoms with van der Waals surface area (Å²) >= 11 is 6.08. The van der Waals surface area contributed by atoms with Gasteiger partial charge in [0.2, 0.25) is 5.95 Å². The highest BCUT2D eigenvalue weighted by Crippen LogP contribution is 2.21. The number of hydrogen-bond donors (Lipinski definition) is 2. The second-order valence-corrected chi connectivity index (χ2v) is 6.07. The number of nitrogens with zero attached hydrogens (tertiary/aromatic N) is 2. The first-order valence-corrected chi connectivity index (χ1v) is 8.27. The van der Waals surface area contributed by atoms with Crippen molar-refractivity contribution in [2.75, 3.05) is 5.32 Å². The molecule has 0 atom stereocenters. The van der Waals surface area contributed by atoms with Crippen molar-refractivity contribution in [2.45, 2.75) is 13.5 Å². The van der Waals surface area contributed by atoms with Crippen LogP contribution in [-0.2, 0) is 6.54 Å². The second kappa shape index (κ2) is 7.93. The summed E-state index contributed by atoms with van der Waals surface area (Å²) in [4.78, 5) is 20.4. The van der Waals surface area contributed by atoms with Crippen LogP contribution >= 0.6 is 11.6 Å². The molecule has 0 saturated carbocycles. The third kappa shape index (κ3) is 4.34. The van der Waals surface area contributed by atoms with Crippen molar-refractivity contribution in [1.82, 2.24) is 15.3 Å². The predicted octanol–water partition coefficient (Wildman–Crippen LogP) is 4.25. The molecule has 0 aliphatic rings. The second-order valence-electron chi connectivity index (χ2n) is 5.66. The average Bonchev–Trinajstić information content (AvgIpc) is 2.64. The van der Waals surface area contributed by atoms with Gasteiger partial charge in [0.15, 0.2) is 0 Å². The first-order chi connectivity index (χ1) is 12.5. The van der Waals surface area contributed by atoms with Crippen molar-refractivity contribution in [3.8, 4) is 0 Å². The van der Waals surface area contributed by atoms with Gasteiger partial charge >= 0.3 is 0 Å². The fourth-order valence-electron chi connectivity index (χ4n) is 2.23. The quantitative estimate of drug-likeness (QED) is 0.704. The zero-order valence-corrected chi connectivity index (χ0v) is 14.7. The molecule has 0 unspecified atom stereocenters. The van der Waals surface area contributed by atoms with Crippen molar-refractivity contribution in [3.63, 3.8) is 0 Å². The monoisotopic (exact) mass is 370 g/mol. The Morgan fingerprint density at radius 1 is 1.15 bits per heavy atom. The first kappa shape index (κ1) is 17.8. The van der Waals surface area contributed by atoms with Gasteiger partial charge in [-0.15, -0.1) is 0 Å². The predicted molar refractivity (Wildman–Crippen MR) is 99.1 cm³/mol. The van der Waals surface area contributed by atoms with E-state index in [1.54, 1.807) is 24.3 Å². The number of halogens is 2. The summed E-state index contributed by atoms with van der Waals surface area (Å²) in [6.45, 7) is 2.00. The Kier molecular flexibility index (Phi) is 5.43.